The highest BCUT2D eigenvalue weighted by molar-refractivity contribution is 7.99. The number of amides is 1. The van der Waals surface area contributed by atoms with Crippen LogP contribution in [0.25, 0.3) is 0 Å². The second-order valence-corrected chi connectivity index (χ2v) is 5.95. The molecule has 21 heavy (non-hydrogen) atoms. The number of hydrogen-bond donors (Lipinski definition) is 1. The first kappa shape index (κ1) is 18.4. The highest BCUT2D eigenvalue weighted by Crippen LogP contribution is 2.17. The van der Waals surface area contributed by atoms with E-state index >= 15 is 0 Å². The van der Waals surface area contributed by atoms with Crippen molar-refractivity contribution in [2.24, 2.45) is 0 Å². The summed E-state index contributed by atoms with van der Waals surface area (Å²) in [5.74, 6) is 2.09. The Balaban J connectivity index is 0.00000110. The number of halogens is 2. The molecule has 0 bridgehead atoms. The maximum atomic E-state index is 12.3. The van der Waals surface area contributed by atoms with Gasteiger partial charge in [-0.25, -0.2) is 0 Å². The average molecular weight is 350 g/mol. The van der Waals surface area contributed by atoms with E-state index in [9.17, 15) is 4.79 Å². The molecule has 0 radical (unpaired) electrons. The van der Waals surface area contributed by atoms with Crippen molar-refractivity contribution in [2.45, 2.75) is 6.04 Å². The monoisotopic (exact) mass is 349 g/mol. The van der Waals surface area contributed by atoms with Crippen molar-refractivity contribution >= 4 is 48.2 Å². The third-order valence-electron chi connectivity index (χ3n) is 3.73. The summed E-state index contributed by atoms with van der Waals surface area (Å²) in [4.78, 5) is 16.6. The first-order valence-electron chi connectivity index (χ1n) is 6.74. The van der Waals surface area contributed by atoms with Crippen molar-refractivity contribution in [1.29, 1.82) is 0 Å². The predicted octanol–water partition coefficient (Wildman–Crippen LogP) is 1.84. The molecule has 2 aliphatic rings. The third-order valence-corrected chi connectivity index (χ3v) is 4.67. The summed E-state index contributed by atoms with van der Waals surface area (Å²) in [6, 6.07) is 10.5. The molecule has 1 N–H and O–H groups in total. The van der Waals surface area contributed by atoms with Gasteiger partial charge in [-0.1, -0.05) is 18.2 Å². The second kappa shape index (κ2) is 8.73. The minimum Gasteiger partial charge on any atom is -0.368 e. The second-order valence-electron chi connectivity index (χ2n) is 4.92. The number of hydrogen-bond acceptors (Lipinski definition) is 4. The van der Waals surface area contributed by atoms with Crippen LogP contribution in [0.5, 0.6) is 0 Å². The zero-order valence-electron chi connectivity index (χ0n) is 11.7. The molecule has 1 unspecified atom stereocenters. The molecule has 0 saturated carbocycles. The maximum absolute atomic E-state index is 12.3. The van der Waals surface area contributed by atoms with Gasteiger partial charge in [-0.2, -0.15) is 0 Å². The fourth-order valence-electron chi connectivity index (χ4n) is 2.60. The summed E-state index contributed by atoms with van der Waals surface area (Å²) in [5, 5.41) is 3.25. The van der Waals surface area contributed by atoms with Gasteiger partial charge in [0.1, 0.15) is 0 Å². The number of nitrogens with one attached hydrogen (secondary N) is 1. The Kier molecular flexibility index (Phi) is 7.66. The Morgan fingerprint density at radius 1 is 1.10 bits per heavy atom. The largest absolute Gasteiger partial charge is 0.368 e. The summed E-state index contributed by atoms with van der Waals surface area (Å²) < 4.78 is 0. The third kappa shape index (κ3) is 4.42. The van der Waals surface area contributed by atoms with E-state index in [0.29, 0.717) is 0 Å². The number of thioether (sulfide) groups is 1. The molecule has 0 aromatic heterocycles. The molecule has 1 amide bonds. The van der Waals surface area contributed by atoms with E-state index in [1.54, 1.807) is 11.8 Å². The Morgan fingerprint density at radius 2 is 1.76 bits per heavy atom. The van der Waals surface area contributed by atoms with Crippen LogP contribution in [0, 0.1) is 0 Å². The van der Waals surface area contributed by atoms with E-state index in [1.165, 1.54) is 5.69 Å². The quantitative estimate of drug-likeness (QED) is 0.883. The summed E-state index contributed by atoms with van der Waals surface area (Å²) in [6.45, 7) is 3.51. The molecule has 118 valence electrons. The molecule has 2 heterocycles. The lowest BCUT2D eigenvalue weighted by Gasteiger charge is -2.37. The lowest BCUT2D eigenvalue weighted by atomic mass is 10.2. The van der Waals surface area contributed by atoms with Gasteiger partial charge in [0.2, 0.25) is 5.91 Å². The molecule has 0 aliphatic carbocycles. The molecular weight excluding hydrogens is 329 g/mol. The summed E-state index contributed by atoms with van der Waals surface area (Å²) in [6.07, 6.45) is 0. The Labute approximate surface area is 142 Å². The van der Waals surface area contributed by atoms with Crippen LogP contribution in [0.2, 0.25) is 0 Å². The van der Waals surface area contributed by atoms with Crippen molar-refractivity contribution in [3.05, 3.63) is 30.3 Å². The van der Waals surface area contributed by atoms with Gasteiger partial charge in [0.25, 0.3) is 0 Å². The first-order chi connectivity index (χ1) is 9.34. The fraction of sp³-hybridized carbons (Fsp3) is 0.500. The highest BCUT2D eigenvalue weighted by Gasteiger charge is 2.29. The van der Waals surface area contributed by atoms with Crippen molar-refractivity contribution in [2.75, 3.05) is 42.7 Å². The van der Waals surface area contributed by atoms with Gasteiger partial charge < -0.3 is 9.80 Å². The van der Waals surface area contributed by atoms with Crippen LogP contribution in [0.15, 0.2) is 30.3 Å². The van der Waals surface area contributed by atoms with Crippen LogP contribution >= 0.6 is 36.6 Å². The molecule has 1 aromatic carbocycles. The van der Waals surface area contributed by atoms with Crippen LogP contribution in [-0.2, 0) is 4.79 Å². The maximum Gasteiger partial charge on any atom is 0.240 e. The van der Waals surface area contributed by atoms with Crippen LogP contribution in [0.1, 0.15) is 0 Å². The molecule has 1 atom stereocenters. The smallest absolute Gasteiger partial charge is 0.240 e. The fourth-order valence-corrected chi connectivity index (χ4v) is 3.53. The van der Waals surface area contributed by atoms with Crippen LogP contribution in [-0.4, -0.2) is 54.7 Å². The Morgan fingerprint density at radius 3 is 2.33 bits per heavy atom. The first-order valence-corrected chi connectivity index (χ1v) is 7.90. The number of nitrogens with zero attached hydrogens (tertiary/aromatic N) is 2. The SMILES string of the molecule is Cl.Cl.O=C(C1CSCN1)N1CCN(c2ccccc2)CC1. The molecule has 2 aliphatic heterocycles. The minimum atomic E-state index is 0. The molecule has 1 aromatic rings. The highest BCUT2D eigenvalue weighted by atomic mass is 35.5. The van der Waals surface area contributed by atoms with Crippen LogP contribution < -0.4 is 10.2 Å². The van der Waals surface area contributed by atoms with Crippen molar-refractivity contribution in [3.8, 4) is 0 Å². The molecule has 2 fully saturated rings. The molecule has 2 saturated heterocycles. The van der Waals surface area contributed by atoms with E-state index in [2.05, 4.69) is 34.5 Å². The summed E-state index contributed by atoms with van der Waals surface area (Å²) in [7, 11) is 0. The van der Waals surface area contributed by atoms with Gasteiger partial charge in [0.15, 0.2) is 0 Å². The molecule has 7 heteroatoms. The zero-order chi connectivity index (χ0) is 13.1. The number of benzene rings is 1. The zero-order valence-corrected chi connectivity index (χ0v) is 14.2. The van der Waals surface area contributed by atoms with Crippen LogP contribution in [0.3, 0.4) is 0 Å². The number of carbonyl (C=O) groups is 1. The molecule has 4 nitrogen and oxygen atoms in total. The number of rotatable bonds is 2. The molecule has 3 rings (SSSR count). The molecule has 0 spiro atoms. The van der Waals surface area contributed by atoms with Gasteiger partial charge in [-0.15, -0.1) is 36.6 Å². The predicted molar refractivity (Wildman–Crippen MR) is 94.0 cm³/mol. The summed E-state index contributed by atoms with van der Waals surface area (Å²) in [5.41, 5.74) is 1.25. The lowest BCUT2D eigenvalue weighted by molar-refractivity contribution is -0.132. The van der Waals surface area contributed by atoms with Gasteiger partial charge in [-0.05, 0) is 12.1 Å². The van der Waals surface area contributed by atoms with E-state index < -0.39 is 0 Å². The van der Waals surface area contributed by atoms with Crippen molar-refractivity contribution in [3.63, 3.8) is 0 Å². The van der Waals surface area contributed by atoms with Gasteiger partial charge in [0, 0.05) is 43.5 Å². The van der Waals surface area contributed by atoms with E-state index in [4.69, 9.17) is 0 Å². The standard InChI is InChI=1S/C14H19N3OS.2ClH/c18-14(13-10-19-11-15-13)17-8-6-16(7-9-17)12-4-2-1-3-5-12;;/h1-5,13,15H,6-11H2;2*1H. The van der Waals surface area contributed by atoms with Crippen molar-refractivity contribution < 1.29 is 4.79 Å². The minimum absolute atomic E-state index is 0. The topological polar surface area (TPSA) is 35.6 Å². The van der Waals surface area contributed by atoms with E-state index in [0.717, 1.165) is 37.8 Å². The van der Waals surface area contributed by atoms with E-state index in [1.807, 2.05) is 11.0 Å². The number of anilines is 1. The average Bonchev–Trinajstić information content (AvgIpc) is 3.02. The number of para-hydroxylation sites is 1. The lowest BCUT2D eigenvalue weighted by Crippen LogP contribution is -2.53. The number of carbonyl (C=O) groups excluding carboxylic acids is 1. The van der Waals surface area contributed by atoms with Gasteiger partial charge in [0.05, 0.1) is 6.04 Å². The summed E-state index contributed by atoms with van der Waals surface area (Å²) >= 11 is 1.80. The normalized spacial score (nSPS) is 21.4. The Hall–Kier alpha value is -0.620. The number of piperazine rings is 1. The van der Waals surface area contributed by atoms with Crippen molar-refractivity contribution in [1.82, 2.24) is 10.2 Å². The Bertz CT molecular complexity index is 435. The van der Waals surface area contributed by atoms with E-state index in [-0.39, 0.29) is 36.8 Å². The van der Waals surface area contributed by atoms with Gasteiger partial charge >= 0.3 is 0 Å². The molecular formula is C14H21Cl2N3OS. The van der Waals surface area contributed by atoms with Gasteiger partial charge in [-0.3, -0.25) is 10.1 Å². The van der Waals surface area contributed by atoms with Crippen LogP contribution in [0.4, 0.5) is 5.69 Å².